The third-order valence-electron chi connectivity index (χ3n) is 6.59. The first-order chi connectivity index (χ1) is 16.5. The zero-order chi connectivity index (χ0) is 23.9. The summed E-state index contributed by atoms with van der Waals surface area (Å²) in [6.07, 6.45) is 5.50. The molecule has 0 radical (unpaired) electrons. The number of amides is 2. The van der Waals surface area contributed by atoms with Crippen LogP contribution in [0.25, 0.3) is 0 Å². The van der Waals surface area contributed by atoms with Gasteiger partial charge in [0.1, 0.15) is 25.1 Å². The highest BCUT2D eigenvalue weighted by Crippen LogP contribution is 2.31. The summed E-state index contributed by atoms with van der Waals surface area (Å²) in [6.45, 7) is 3.22. The molecule has 4 rings (SSSR count). The molecule has 1 fully saturated rings. The van der Waals surface area contributed by atoms with Gasteiger partial charge in [-0.2, -0.15) is 0 Å². The number of nitrogens with one attached hydrogen (secondary N) is 1. The molecule has 1 atom stereocenters. The monoisotopic (exact) mass is 468 g/mol. The topological polar surface area (TPSA) is 67.9 Å². The van der Waals surface area contributed by atoms with Crippen molar-refractivity contribution < 1.29 is 23.5 Å². The quantitative estimate of drug-likeness (QED) is 0.593. The van der Waals surface area contributed by atoms with Gasteiger partial charge in [-0.1, -0.05) is 38.0 Å². The Hall–Kier alpha value is -3.09. The predicted octanol–water partition coefficient (Wildman–Crippen LogP) is 4.40. The van der Waals surface area contributed by atoms with Gasteiger partial charge in [0.2, 0.25) is 11.8 Å². The third kappa shape index (κ3) is 6.07. The van der Waals surface area contributed by atoms with Gasteiger partial charge in [0.15, 0.2) is 11.5 Å². The van der Waals surface area contributed by atoms with Crippen molar-refractivity contribution in [3.63, 3.8) is 0 Å². The van der Waals surface area contributed by atoms with Crippen LogP contribution in [0.5, 0.6) is 11.5 Å². The molecule has 34 heavy (non-hydrogen) atoms. The Bertz CT molecular complexity index is 989. The molecule has 0 spiro atoms. The number of fused-ring (bicyclic) bond motifs is 1. The lowest BCUT2D eigenvalue weighted by molar-refractivity contribution is -0.141. The molecule has 182 valence electrons. The van der Waals surface area contributed by atoms with Gasteiger partial charge in [-0.3, -0.25) is 9.59 Å². The van der Waals surface area contributed by atoms with Crippen molar-refractivity contribution in [2.75, 3.05) is 13.2 Å². The van der Waals surface area contributed by atoms with Crippen molar-refractivity contribution in [1.29, 1.82) is 0 Å². The fourth-order valence-corrected chi connectivity index (χ4v) is 4.71. The lowest BCUT2D eigenvalue weighted by atomic mass is 10.0. The molecule has 0 bridgehead atoms. The van der Waals surface area contributed by atoms with E-state index in [9.17, 15) is 14.0 Å². The van der Waals surface area contributed by atoms with Gasteiger partial charge in [-0.25, -0.2) is 4.39 Å². The van der Waals surface area contributed by atoms with E-state index in [1.54, 1.807) is 17.0 Å². The molecule has 1 heterocycles. The second-order valence-electron chi connectivity index (χ2n) is 9.04. The summed E-state index contributed by atoms with van der Waals surface area (Å²) in [4.78, 5) is 28.2. The molecule has 1 N–H and O–H groups in total. The average molecular weight is 469 g/mol. The molecular formula is C27H33FN2O4. The zero-order valence-corrected chi connectivity index (χ0v) is 19.7. The van der Waals surface area contributed by atoms with Crippen LogP contribution in [0.4, 0.5) is 4.39 Å². The van der Waals surface area contributed by atoms with Crippen molar-refractivity contribution in [2.45, 2.75) is 70.5 Å². The molecule has 2 aromatic rings. The smallest absolute Gasteiger partial charge is 0.243 e. The Morgan fingerprint density at radius 2 is 1.71 bits per heavy atom. The second-order valence-corrected chi connectivity index (χ2v) is 9.04. The van der Waals surface area contributed by atoms with Crippen LogP contribution >= 0.6 is 0 Å². The zero-order valence-electron chi connectivity index (χ0n) is 19.7. The summed E-state index contributed by atoms with van der Waals surface area (Å²) >= 11 is 0. The van der Waals surface area contributed by atoms with Crippen LogP contribution in [0, 0.1) is 5.82 Å². The number of hydrogen-bond acceptors (Lipinski definition) is 4. The number of halogens is 1. The fraction of sp³-hybridized carbons (Fsp3) is 0.481. The van der Waals surface area contributed by atoms with E-state index in [0.29, 0.717) is 37.6 Å². The highest BCUT2D eigenvalue weighted by molar-refractivity contribution is 5.88. The summed E-state index contributed by atoms with van der Waals surface area (Å²) in [6, 6.07) is 11.4. The van der Waals surface area contributed by atoms with Crippen LogP contribution in [0.2, 0.25) is 0 Å². The molecule has 1 aliphatic carbocycles. The molecule has 1 saturated carbocycles. The molecular weight excluding hydrogens is 435 g/mol. The Morgan fingerprint density at radius 3 is 2.41 bits per heavy atom. The maximum absolute atomic E-state index is 13.4. The number of benzene rings is 2. The molecule has 2 amide bonds. The lowest BCUT2D eigenvalue weighted by Gasteiger charge is -2.31. The maximum atomic E-state index is 13.4. The highest BCUT2D eigenvalue weighted by Gasteiger charge is 2.30. The van der Waals surface area contributed by atoms with Crippen LogP contribution in [0.3, 0.4) is 0 Å². The maximum Gasteiger partial charge on any atom is 0.243 e. The number of rotatable bonds is 9. The van der Waals surface area contributed by atoms with Gasteiger partial charge in [0.25, 0.3) is 0 Å². The Morgan fingerprint density at radius 1 is 1.03 bits per heavy atom. The van der Waals surface area contributed by atoms with Crippen LogP contribution in [-0.2, 0) is 22.6 Å². The molecule has 1 unspecified atom stereocenters. The standard InChI is InChI=1S/C27H33FN2O4/c1-2-23(27(32)29-22-5-3-4-6-22)30(18-20-7-11-21(28)12-8-20)26(31)14-10-19-9-13-24-25(17-19)34-16-15-33-24/h7-9,11-13,17,22-23H,2-6,10,14-16,18H2,1H3,(H,29,32). The number of nitrogens with zero attached hydrogens (tertiary/aromatic N) is 1. The van der Waals surface area contributed by atoms with Crippen LogP contribution in [0.15, 0.2) is 42.5 Å². The number of aryl methyl sites for hydroxylation is 1. The van der Waals surface area contributed by atoms with Gasteiger partial charge in [0.05, 0.1) is 0 Å². The van der Waals surface area contributed by atoms with Crippen molar-refractivity contribution in [3.05, 3.63) is 59.4 Å². The minimum atomic E-state index is -0.571. The number of carbonyl (C=O) groups is 2. The van der Waals surface area contributed by atoms with E-state index >= 15 is 0 Å². The lowest BCUT2D eigenvalue weighted by Crippen LogP contribution is -2.51. The summed E-state index contributed by atoms with van der Waals surface area (Å²) in [7, 11) is 0. The Kier molecular flexibility index (Phi) is 8.03. The molecule has 2 aromatic carbocycles. The van der Waals surface area contributed by atoms with Gasteiger partial charge in [-0.15, -0.1) is 0 Å². The molecule has 1 aliphatic heterocycles. The minimum absolute atomic E-state index is 0.104. The van der Waals surface area contributed by atoms with Crippen molar-refractivity contribution in [2.24, 2.45) is 0 Å². The molecule has 6 nitrogen and oxygen atoms in total. The average Bonchev–Trinajstić information content (AvgIpc) is 3.36. The Labute approximate surface area is 200 Å². The highest BCUT2D eigenvalue weighted by atomic mass is 19.1. The van der Waals surface area contributed by atoms with Gasteiger partial charge in [-0.05, 0) is 61.1 Å². The van der Waals surface area contributed by atoms with E-state index in [-0.39, 0.29) is 36.6 Å². The van der Waals surface area contributed by atoms with Gasteiger partial charge >= 0.3 is 0 Å². The summed E-state index contributed by atoms with van der Waals surface area (Å²) < 4.78 is 24.7. The van der Waals surface area contributed by atoms with E-state index in [4.69, 9.17) is 9.47 Å². The third-order valence-corrected chi connectivity index (χ3v) is 6.59. The first-order valence-corrected chi connectivity index (χ1v) is 12.3. The first-order valence-electron chi connectivity index (χ1n) is 12.3. The van der Waals surface area contributed by atoms with Crippen LogP contribution in [-0.4, -0.2) is 42.0 Å². The number of carbonyl (C=O) groups excluding carboxylic acids is 2. The number of hydrogen-bond donors (Lipinski definition) is 1. The Balaban J connectivity index is 1.47. The van der Waals surface area contributed by atoms with E-state index in [2.05, 4.69) is 5.32 Å². The molecule has 0 saturated heterocycles. The second kappa shape index (κ2) is 11.4. The normalized spacial score (nSPS) is 16.2. The number of ether oxygens (including phenoxy) is 2. The van der Waals surface area contributed by atoms with E-state index < -0.39 is 6.04 Å². The molecule has 0 aromatic heterocycles. The predicted molar refractivity (Wildman–Crippen MR) is 127 cm³/mol. The van der Waals surface area contributed by atoms with Crippen molar-refractivity contribution in [3.8, 4) is 11.5 Å². The van der Waals surface area contributed by atoms with Gasteiger partial charge < -0.3 is 19.7 Å². The fourth-order valence-electron chi connectivity index (χ4n) is 4.71. The minimum Gasteiger partial charge on any atom is -0.486 e. The van der Waals surface area contributed by atoms with E-state index in [1.165, 1.54) is 12.1 Å². The largest absolute Gasteiger partial charge is 0.486 e. The van der Waals surface area contributed by atoms with Crippen molar-refractivity contribution in [1.82, 2.24) is 10.2 Å². The summed E-state index contributed by atoms with van der Waals surface area (Å²) in [5.41, 5.74) is 1.77. The van der Waals surface area contributed by atoms with Crippen LogP contribution < -0.4 is 14.8 Å². The first kappa shape index (κ1) is 24.0. The van der Waals surface area contributed by atoms with E-state index in [0.717, 1.165) is 36.8 Å². The molecule has 2 aliphatic rings. The summed E-state index contributed by atoms with van der Waals surface area (Å²) in [5, 5.41) is 3.14. The van der Waals surface area contributed by atoms with Crippen LogP contribution in [0.1, 0.15) is 56.6 Å². The van der Waals surface area contributed by atoms with E-state index in [1.807, 2.05) is 25.1 Å². The van der Waals surface area contributed by atoms with Crippen molar-refractivity contribution >= 4 is 11.8 Å². The SMILES string of the molecule is CCC(C(=O)NC1CCCC1)N(Cc1ccc(F)cc1)C(=O)CCc1ccc2c(c1)OCCO2. The molecule has 7 heteroatoms. The summed E-state index contributed by atoms with van der Waals surface area (Å²) in [5.74, 6) is 0.874. The van der Waals surface area contributed by atoms with Gasteiger partial charge in [0, 0.05) is 19.0 Å².